The zero-order chi connectivity index (χ0) is 25.2. The summed E-state index contributed by atoms with van der Waals surface area (Å²) in [5.41, 5.74) is 0.905. The molecule has 1 aliphatic heterocycles. The molecule has 1 fully saturated rings. The van der Waals surface area contributed by atoms with Gasteiger partial charge in [0.25, 0.3) is 0 Å². The van der Waals surface area contributed by atoms with Crippen LogP contribution in [-0.2, 0) is 11.3 Å². The second kappa shape index (κ2) is 9.71. The Kier molecular flexibility index (Phi) is 6.70. The largest absolute Gasteiger partial charge is 0.478 e. The highest BCUT2D eigenvalue weighted by atomic mass is 19.4. The molecule has 182 valence electrons. The molecular weight excluding hydrogens is 467 g/mol. The summed E-state index contributed by atoms with van der Waals surface area (Å²) >= 11 is 0. The van der Waals surface area contributed by atoms with Crippen LogP contribution in [0.25, 0.3) is 11.3 Å². The minimum atomic E-state index is -4.84. The zero-order valence-corrected chi connectivity index (χ0v) is 18.2. The van der Waals surface area contributed by atoms with E-state index < -0.39 is 23.9 Å². The average molecular weight is 487 g/mol. The van der Waals surface area contributed by atoms with Gasteiger partial charge in [0.15, 0.2) is 6.10 Å². The van der Waals surface area contributed by atoms with Crippen molar-refractivity contribution in [3.8, 4) is 22.8 Å². The molecule has 35 heavy (non-hydrogen) atoms. The van der Waals surface area contributed by atoms with Crippen LogP contribution < -0.4 is 4.74 Å². The first-order chi connectivity index (χ1) is 16.6. The number of rotatable bonds is 7. The quantitative estimate of drug-likeness (QED) is 0.509. The van der Waals surface area contributed by atoms with E-state index in [9.17, 15) is 33.0 Å². The van der Waals surface area contributed by atoms with Crippen LogP contribution in [0.2, 0.25) is 0 Å². The van der Waals surface area contributed by atoms with Crippen LogP contribution >= 0.6 is 0 Å². The minimum absolute atomic E-state index is 0.0255. The summed E-state index contributed by atoms with van der Waals surface area (Å²) < 4.78 is 43.8. The Balaban J connectivity index is 1.53. The molecule has 1 unspecified atom stereocenters. The summed E-state index contributed by atoms with van der Waals surface area (Å²) in [5, 5.41) is 25.8. The SMILES string of the molecule is O=C(O)c1ccc(CN2CCCC2=O)c(Oc2ccc(-c3ccc(C(O)C(F)(F)F)nn3)cc2)c1. The van der Waals surface area contributed by atoms with Crippen molar-refractivity contribution in [2.24, 2.45) is 0 Å². The van der Waals surface area contributed by atoms with Gasteiger partial charge in [0, 0.05) is 30.6 Å². The molecule has 0 bridgehead atoms. The molecule has 0 spiro atoms. The van der Waals surface area contributed by atoms with Crippen LogP contribution in [0.5, 0.6) is 11.5 Å². The summed E-state index contributed by atoms with van der Waals surface area (Å²) in [5.74, 6) is -0.422. The third kappa shape index (κ3) is 5.57. The van der Waals surface area contributed by atoms with E-state index in [4.69, 9.17) is 4.74 Å². The number of benzene rings is 2. The van der Waals surface area contributed by atoms with Gasteiger partial charge in [-0.05, 0) is 55.0 Å². The first-order valence-electron chi connectivity index (χ1n) is 10.6. The zero-order valence-electron chi connectivity index (χ0n) is 18.2. The van der Waals surface area contributed by atoms with Crippen molar-refractivity contribution in [3.05, 3.63) is 71.4 Å². The lowest BCUT2D eigenvalue weighted by Crippen LogP contribution is -2.24. The summed E-state index contributed by atoms with van der Waals surface area (Å²) in [7, 11) is 0. The molecule has 0 saturated carbocycles. The number of aliphatic hydroxyl groups is 1. The fourth-order valence-electron chi connectivity index (χ4n) is 3.62. The van der Waals surface area contributed by atoms with Crippen LogP contribution in [0.1, 0.15) is 40.6 Å². The fourth-order valence-corrected chi connectivity index (χ4v) is 3.62. The van der Waals surface area contributed by atoms with Crippen molar-refractivity contribution in [2.45, 2.75) is 31.7 Å². The van der Waals surface area contributed by atoms with E-state index in [0.29, 0.717) is 35.6 Å². The first kappa shape index (κ1) is 24.1. The van der Waals surface area contributed by atoms with Crippen LogP contribution in [0.15, 0.2) is 54.6 Å². The predicted molar refractivity (Wildman–Crippen MR) is 117 cm³/mol. The first-order valence-corrected chi connectivity index (χ1v) is 10.6. The smallest absolute Gasteiger partial charge is 0.420 e. The van der Waals surface area contributed by atoms with Crippen LogP contribution in [0.3, 0.4) is 0 Å². The average Bonchev–Trinajstić information content (AvgIpc) is 3.24. The van der Waals surface area contributed by atoms with Gasteiger partial charge in [0.1, 0.15) is 17.2 Å². The molecule has 1 aromatic heterocycles. The van der Waals surface area contributed by atoms with Crippen molar-refractivity contribution >= 4 is 11.9 Å². The second-order valence-corrected chi connectivity index (χ2v) is 7.96. The standard InChI is InChI=1S/C24H20F3N3O5/c25-24(26,27)22(32)19-10-9-18(28-29-19)14-5-7-17(8-6-14)35-20-12-15(23(33)34)3-4-16(20)13-30-11-1-2-21(30)31/h3-10,12,22,32H,1-2,11,13H2,(H,33,34). The molecule has 4 rings (SSSR count). The Morgan fingerprint density at radius 1 is 1.09 bits per heavy atom. The molecule has 2 aromatic carbocycles. The third-order valence-corrected chi connectivity index (χ3v) is 5.50. The van der Waals surface area contributed by atoms with E-state index in [1.165, 1.54) is 18.2 Å². The van der Waals surface area contributed by atoms with Crippen molar-refractivity contribution < 1.29 is 37.7 Å². The Morgan fingerprint density at radius 3 is 2.40 bits per heavy atom. The van der Waals surface area contributed by atoms with Crippen LogP contribution in [0.4, 0.5) is 13.2 Å². The lowest BCUT2D eigenvalue weighted by Gasteiger charge is -2.19. The number of carboxylic acid groups (broad SMARTS) is 1. The van der Waals surface area contributed by atoms with Gasteiger partial charge in [0.2, 0.25) is 5.91 Å². The van der Waals surface area contributed by atoms with E-state index in [1.54, 1.807) is 35.2 Å². The number of carbonyl (C=O) groups excluding carboxylic acids is 1. The van der Waals surface area contributed by atoms with Crippen molar-refractivity contribution in [1.82, 2.24) is 15.1 Å². The number of aromatic carboxylic acids is 1. The number of aromatic nitrogens is 2. The monoisotopic (exact) mass is 487 g/mol. The van der Waals surface area contributed by atoms with Gasteiger partial charge >= 0.3 is 12.1 Å². The third-order valence-electron chi connectivity index (χ3n) is 5.50. The highest BCUT2D eigenvalue weighted by Gasteiger charge is 2.40. The molecule has 0 radical (unpaired) electrons. The maximum absolute atomic E-state index is 12.6. The van der Waals surface area contributed by atoms with Crippen LogP contribution in [-0.4, -0.2) is 49.9 Å². The van der Waals surface area contributed by atoms with Gasteiger partial charge in [-0.25, -0.2) is 4.79 Å². The van der Waals surface area contributed by atoms with Gasteiger partial charge in [-0.2, -0.15) is 23.4 Å². The molecule has 2 heterocycles. The molecule has 1 saturated heterocycles. The Bertz CT molecular complexity index is 1230. The lowest BCUT2D eigenvalue weighted by molar-refractivity contribution is -0.208. The van der Waals surface area contributed by atoms with E-state index in [-0.39, 0.29) is 23.7 Å². The Hall–Kier alpha value is -3.99. The molecule has 8 nitrogen and oxygen atoms in total. The van der Waals surface area contributed by atoms with Gasteiger partial charge in [-0.1, -0.05) is 6.07 Å². The summed E-state index contributed by atoms with van der Waals surface area (Å²) in [6.07, 6.45) is -6.31. The number of aliphatic hydroxyl groups excluding tert-OH is 1. The lowest BCUT2D eigenvalue weighted by atomic mass is 10.1. The van der Waals surface area contributed by atoms with Gasteiger partial charge in [-0.15, -0.1) is 0 Å². The number of amides is 1. The highest BCUT2D eigenvalue weighted by Crippen LogP contribution is 2.33. The van der Waals surface area contributed by atoms with Gasteiger partial charge in [-0.3, -0.25) is 4.79 Å². The van der Waals surface area contributed by atoms with Crippen molar-refractivity contribution in [2.75, 3.05) is 6.54 Å². The molecule has 1 aliphatic rings. The summed E-state index contributed by atoms with van der Waals surface area (Å²) in [6.45, 7) is 0.908. The van der Waals surface area contributed by atoms with E-state index >= 15 is 0 Å². The van der Waals surface area contributed by atoms with Crippen molar-refractivity contribution in [3.63, 3.8) is 0 Å². The number of nitrogens with zero attached hydrogens (tertiary/aromatic N) is 3. The summed E-state index contributed by atoms with van der Waals surface area (Å²) in [6, 6.07) is 13.2. The number of carbonyl (C=O) groups is 2. The van der Waals surface area contributed by atoms with Gasteiger partial charge < -0.3 is 19.8 Å². The number of alkyl halides is 3. The number of halogens is 3. The molecule has 0 aliphatic carbocycles. The minimum Gasteiger partial charge on any atom is -0.478 e. The predicted octanol–water partition coefficient (Wildman–Crippen LogP) is 4.35. The molecule has 3 aromatic rings. The number of ether oxygens (including phenoxy) is 1. The normalized spacial score (nSPS) is 14.7. The van der Waals surface area contributed by atoms with E-state index in [0.717, 1.165) is 12.5 Å². The number of carboxylic acids is 1. The maximum Gasteiger partial charge on any atom is 0.420 e. The molecule has 2 N–H and O–H groups in total. The number of hydrogen-bond donors (Lipinski definition) is 2. The van der Waals surface area contributed by atoms with Crippen LogP contribution in [0, 0.1) is 0 Å². The van der Waals surface area contributed by atoms with E-state index in [1.807, 2.05) is 0 Å². The summed E-state index contributed by atoms with van der Waals surface area (Å²) in [4.78, 5) is 25.1. The number of likely N-dealkylation sites (tertiary alicyclic amines) is 1. The molecule has 1 amide bonds. The topological polar surface area (TPSA) is 113 Å². The Labute approximate surface area is 197 Å². The maximum atomic E-state index is 12.6. The molecular formula is C24H20F3N3O5. The van der Waals surface area contributed by atoms with Gasteiger partial charge in [0.05, 0.1) is 11.3 Å². The Morgan fingerprint density at radius 2 is 1.83 bits per heavy atom. The highest BCUT2D eigenvalue weighted by molar-refractivity contribution is 5.88. The molecule has 11 heteroatoms. The number of hydrogen-bond acceptors (Lipinski definition) is 6. The van der Waals surface area contributed by atoms with Crippen molar-refractivity contribution in [1.29, 1.82) is 0 Å². The van der Waals surface area contributed by atoms with E-state index in [2.05, 4.69) is 10.2 Å². The fraction of sp³-hybridized carbons (Fsp3) is 0.250. The molecule has 1 atom stereocenters. The second-order valence-electron chi connectivity index (χ2n) is 7.96.